The molecule has 0 fully saturated rings. The lowest BCUT2D eigenvalue weighted by molar-refractivity contribution is -0.0244. The van der Waals surface area contributed by atoms with E-state index in [1.807, 2.05) is 0 Å². The lowest BCUT2D eigenvalue weighted by atomic mass is 9.98. The van der Waals surface area contributed by atoms with E-state index in [0.29, 0.717) is 0 Å². The van der Waals surface area contributed by atoms with E-state index in [4.69, 9.17) is 4.42 Å². The zero-order chi connectivity index (χ0) is 19.3. The quantitative estimate of drug-likeness (QED) is 0.491. The van der Waals surface area contributed by atoms with Gasteiger partial charge in [0, 0.05) is 11.1 Å². The maximum absolute atomic E-state index is 15.0. The van der Waals surface area contributed by atoms with Crippen LogP contribution >= 0.6 is 0 Å². The third-order valence-electron chi connectivity index (χ3n) is 3.89. The largest absolute Gasteiger partial charge is 0.467 e. The van der Waals surface area contributed by atoms with Gasteiger partial charge in [0.15, 0.2) is 6.04 Å². The summed E-state index contributed by atoms with van der Waals surface area (Å²) >= 11 is 0. The maximum Gasteiger partial charge on any atom is 0.333 e. The van der Waals surface area contributed by atoms with E-state index in [1.165, 1.54) is 54.8 Å². The molecule has 3 aromatic rings. The Kier molecular flexibility index (Phi) is 5.42. The van der Waals surface area contributed by atoms with Crippen LogP contribution in [0.3, 0.4) is 0 Å². The van der Waals surface area contributed by atoms with E-state index in [2.05, 4.69) is 10.9 Å². The number of rotatable bonds is 7. The van der Waals surface area contributed by atoms with Gasteiger partial charge in [0.2, 0.25) is 5.78 Å². The first-order chi connectivity index (χ1) is 13.0. The number of ketones is 1. The maximum atomic E-state index is 15.0. The van der Waals surface area contributed by atoms with Crippen LogP contribution in [0.5, 0.6) is 0 Å². The van der Waals surface area contributed by atoms with Crippen LogP contribution in [0.4, 0.5) is 8.78 Å². The van der Waals surface area contributed by atoms with E-state index in [0.717, 1.165) is 0 Å². The second-order valence-electron chi connectivity index (χ2n) is 5.73. The van der Waals surface area contributed by atoms with Crippen molar-refractivity contribution in [2.75, 3.05) is 0 Å². The molecule has 1 atom stereocenters. The molecule has 1 aromatic heterocycles. The normalized spacial score (nSPS) is 12.4. The average molecular weight is 370 g/mol. The Hall–Kier alpha value is -3.32. The fraction of sp³-hybridized carbons (Fsp3) is 0.100. The third kappa shape index (κ3) is 4.09. The Morgan fingerprint density at radius 2 is 1.44 bits per heavy atom. The minimum Gasteiger partial charge on any atom is -0.467 e. The number of hydrazine groups is 1. The van der Waals surface area contributed by atoms with Gasteiger partial charge in [0.05, 0.1) is 6.26 Å². The van der Waals surface area contributed by atoms with Crippen LogP contribution in [-0.4, -0.2) is 17.6 Å². The van der Waals surface area contributed by atoms with Crippen LogP contribution in [-0.2, 0) is 0 Å². The van der Waals surface area contributed by atoms with Crippen molar-refractivity contribution in [3.63, 3.8) is 0 Å². The number of carbonyl (C=O) groups excluding carboxylic acids is 2. The minimum atomic E-state index is -3.87. The monoisotopic (exact) mass is 370 g/mol. The first kappa shape index (κ1) is 18.5. The highest BCUT2D eigenvalue weighted by molar-refractivity contribution is 6.02. The van der Waals surface area contributed by atoms with E-state index >= 15 is 0 Å². The molecule has 0 spiro atoms. The van der Waals surface area contributed by atoms with Crippen LogP contribution in [0.25, 0.3) is 0 Å². The number of hydrogen-bond acceptors (Lipinski definition) is 4. The SMILES string of the molecule is O=C(NNC(c1ccco1)C(F)(F)C(=O)c1ccccc1)c1ccccc1. The average Bonchev–Trinajstić information content (AvgIpc) is 3.23. The molecule has 0 saturated carbocycles. The Bertz CT molecular complexity index is 898. The summed E-state index contributed by atoms with van der Waals surface area (Å²) < 4.78 is 35.0. The van der Waals surface area contributed by atoms with Crippen LogP contribution < -0.4 is 10.9 Å². The number of halogens is 2. The molecule has 1 amide bonds. The van der Waals surface area contributed by atoms with Gasteiger partial charge < -0.3 is 4.42 Å². The number of amides is 1. The van der Waals surface area contributed by atoms with Crippen LogP contribution in [0.15, 0.2) is 83.5 Å². The highest BCUT2D eigenvalue weighted by atomic mass is 19.3. The zero-order valence-electron chi connectivity index (χ0n) is 14.1. The number of alkyl halides is 2. The van der Waals surface area contributed by atoms with E-state index in [-0.39, 0.29) is 16.9 Å². The van der Waals surface area contributed by atoms with Crippen LogP contribution in [0.1, 0.15) is 32.5 Å². The lowest BCUT2D eigenvalue weighted by Gasteiger charge is -2.25. The van der Waals surface area contributed by atoms with Crippen molar-refractivity contribution in [1.82, 2.24) is 10.9 Å². The summed E-state index contributed by atoms with van der Waals surface area (Å²) in [7, 11) is 0. The van der Waals surface area contributed by atoms with E-state index < -0.39 is 23.7 Å². The van der Waals surface area contributed by atoms with E-state index in [9.17, 15) is 18.4 Å². The molecule has 0 aliphatic carbocycles. The molecule has 5 nitrogen and oxygen atoms in total. The molecular formula is C20H16F2N2O3. The number of benzene rings is 2. The van der Waals surface area contributed by atoms with Gasteiger partial charge in [-0.1, -0.05) is 48.5 Å². The fourth-order valence-electron chi connectivity index (χ4n) is 2.51. The van der Waals surface area contributed by atoms with Crippen molar-refractivity contribution in [2.24, 2.45) is 0 Å². The Balaban J connectivity index is 1.83. The molecule has 27 heavy (non-hydrogen) atoms. The van der Waals surface area contributed by atoms with Crippen LogP contribution in [0, 0.1) is 0 Å². The number of furan rings is 1. The summed E-state index contributed by atoms with van der Waals surface area (Å²) in [4.78, 5) is 24.5. The molecule has 0 saturated heterocycles. The Morgan fingerprint density at radius 1 is 0.852 bits per heavy atom. The smallest absolute Gasteiger partial charge is 0.333 e. The summed E-state index contributed by atoms with van der Waals surface area (Å²) in [6.07, 6.45) is 1.21. The minimum absolute atomic E-state index is 0.143. The van der Waals surface area contributed by atoms with Gasteiger partial charge in [0.25, 0.3) is 5.91 Å². The molecule has 0 bridgehead atoms. The Labute approximate surface area is 154 Å². The predicted octanol–water partition coefficient (Wildman–Crippen LogP) is 3.77. The molecule has 1 heterocycles. The van der Waals surface area contributed by atoms with Crippen molar-refractivity contribution >= 4 is 11.7 Å². The summed E-state index contributed by atoms with van der Waals surface area (Å²) in [5.41, 5.74) is 4.60. The third-order valence-corrected chi connectivity index (χ3v) is 3.89. The van der Waals surface area contributed by atoms with Crippen molar-refractivity contribution in [3.8, 4) is 0 Å². The highest BCUT2D eigenvalue weighted by Gasteiger charge is 2.50. The number of Topliss-reactive ketones (excluding diaryl/α,β-unsaturated/α-hetero) is 1. The lowest BCUT2D eigenvalue weighted by Crippen LogP contribution is -2.50. The molecule has 2 N–H and O–H groups in total. The molecule has 2 aromatic carbocycles. The zero-order valence-corrected chi connectivity index (χ0v) is 14.1. The molecule has 3 rings (SSSR count). The Morgan fingerprint density at radius 3 is 2.00 bits per heavy atom. The van der Waals surface area contributed by atoms with Gasteiger partial charge in [-0.25, -0.2) is 5.43 Å². The van der Waals surface area contributed by atoms with Crippen molar-refractivity contribution in [2.45, 2.75) is 12.0 Å². The van der Waals surface area contributed by atoms with Crippen molar-refractivity contribution in [3.05, 3.63) is 95.9 Å². The van der Waals surface area contributed by atoms with Crippen molar-refractivity contribution in [1.29, 1.82) is 0 Å². The highest BCUT2D eigenvalue weighted by Crippen LogP contribution is 2.34. The molecular weight excluding hydrogens is 354 g/mol. The summed E-state index contributed by atoms with van der Waals surface area (Å²) in [6.45, 7) is 0. The summed E-state index contributed by atoms with van der Waals surface area (Å²) in [5.74, 6) is -6.05. The van der Waals surface area contributed by atoms with Gasteiger partial charge in [-0.2, -0.15) is 8.78 Å². The molecule has 1 unspecified atom stereocenters. The second-order valence-corrected chi connectivity index (χ2v) is 5.73. The van der Waals surface area contributed by atoms with Gasteiger partial charge in [-0.05, 0) is 24.3 Å². The summed E-state index contributed by atoms with van der Waals surface area (Å²) in [6, 6.07) is 16.1. The fourth-order valence-corrected chi connectivity index (χ4v) is 2.51. The summed E-state index contributed by atoms with van der Waals surface area (Å²) in [5, 5.41) is 0. The van der Waals surface area contributed by atoms with Crippen LogP contribution in [0.2, 0.25) is 0 Å². The van der Waals surface area contributed by atoms with Gasteiger partial charge >= 0.3 is 5.92 Å². The molecule has 138 valence electrons. The molecule has 0 radical (unpaired) electrons. The topological polar surface area (TPSA) is 71.3 Å². The standard InChI is InChI=1S/C20H16F2N2O3/c21-20(22,18(25)14-8-3-1-4-9-14)17(16-12-7-13-27-16)23-24-19(26)15-10-5-2-6-11-15/h1-13,17,23H,(H,24,26). The molecule has 0 aliphatic heterocycles. The number of hydrogen-bond donors (Lipinski definition) is 2. The van der Waals surface area contributed by atoms with Gasteiger partial charge in [0.1, 0.15) is 5.76 Å². The first-order valence-electron chi connectivity index (χ1n) is 8.12. The first-order valence-corrected chi connectivity index (χ1v) is 8.12. The van der Waals surface area contributed by atoms with E-state index in [1.54, 1.807) is 24.3 Å². The molecule has 7 heteroatoms. The van der Waals surface area contributed by atoms with Gasteiger partial charge in [-0.3, -0.25) is 15.0 Å². The van der Waals surface area contributed by atoms with Gasteiger partial charge in [-0.15, -0.1) is 0 Å². The predicted molar refractivity (Wildman–Crippen MR) is 94.2 cm³/mol. The molecule has 0 aliphatic rings. The number of carbonyl (C=O) groups is 2. The second kappa shape index (κ2) is 7.92. The van der Waals surface area contributed by atoms with Crippen molar-refractivity contribution < 1.29 is 22.8 Å². The number of nitrogens with one attached hydrogen (secondary N) is 2.